The van der Waals surface area contributed by atoms with Gasteiger partial charge in [0.05, 0.1) is 0 Å². The fourth-order valence-corrected chi connectivity index (χ4v) is 5.41. The first-order valence-electron chi connectivity index (χ1n) is 15.3. The molecule has 6 aromatic rings. The maximum absolute atomic E-state index is 5.77. The molecule has 0 amide bonds. The molecule has 1 aliphatic rings. The highest BCUT2D eigenvalue weighted by Crippen LogP contribution is 2.38. The fourth-order valence-electron chi connectivity index (χ4n) is 5.41. The van der Waals surface area contributed by atoms with Crippen molar-refractivity contribution in [1.82, 2.24) is 0 Å². The third-order valence-electron chi connectivity index (χ3n) is 7.72. The van der Waals surface area contributed by atoms with E-state index in [0.29, 0.717) is 6.61 Å². The first-order chi connectivity index (χ1) is 22.7. The predicted molar refractivity (Wildman–Crippen MR) is 184 cm³/mol. The van der Waals surface area contributed by atoms with Crippen molar-refractivity contribution < 1.29 is 18.9 Å². The van der Waals surface area contributed by atoms with Crippen LogP contribution in [-0.4, -0.2) is 26.8 Å². The Morgan fingerprint density at radius 3 is 1.26 bits per heavy atom. The molecule has 0 radical (unpaired) electrons. The van der Waals surface area contributed by atoms with Gasteiger partial charge in [-0.1, -0.05) is 60.7 Å². The summed E-state index contributed by atoms with van der Waals surface area (Å²) < 4.78 is 21.6. The lowest BCUT2D eigenvalue weighted by Crippen LogP contribution is -2.10. The smallest absolute Gasteiger partial charge is 0.223 e. The maximum atomic E-state index is 5.77. The lowest BCUT2D eigenvalue weighted by atomic mass is 10.0. The second-order valence-electron chi connectivity index (χ2n) is 10.9. The molecule has 1 fully saturated rings. The van der Waals surface area contributed by atoms with Crippen molar-refractivity contribution in [3.8, 4) is 22.6 Å². The predicted octanol–water partition coefficient (Wildman–Crippen LogP) is 10.0. The quantitative estimate of drug-likeness (QED) is 0.102. The zero-order chi connectivity index (χ0) is 31.1. The van der Waals surface area contributed by atoms with Crippen molar-refractivity contribution in [2.75, 3.05) is 30.3 Å². The van der Waals surface area contributed by atoms with E-state index >= 15 is 0 Å². The summed E-state index contributed by atoms with van der Waals surface area (Å²) in [6.45, 7) is 0.866. The SMILES string of the molecule is COCOc1ccc(N(c2ccccc2)c2ccc(-c3ccc(N(c4ccccc4)c4ccc(OC5CO5)cc4)cc3)cc2)cc1. The van der Waals surface area contributed by atoms with Gasteiger partial charge in [-0.25, -0.2) is 0 Å². The largest absolute Gasteiger partial charge is 0.468 e. The number of methoxy groups -OCH3 is 1. The monoisotopic (exact) mass is 606 g/mol. The van der Waals surface area contributed by atoms with Crippen molar-refractivity contribution in [2.24, 2.45) is 0 Å². The molecule has 1 atom stereocenters. The molecule has 228 valence electrons. The van der Waals surface area contributed by atoms with E-state index in [2.05, 4.69) is 131 Å². The Bertz CT molecular complexity index is 1820. The molecule has 1 saturated heterocycles. The molecule has 7 rings (SSSR count). The molecule has 0 N–H and O–H groups in total. The van der Waals surface area contributed by atoms with Crippen LogP contribution in [0.4, 0.5) is 34.1 Å². The molecule has 0 spiro atoms. The Kier molecular flexibility index (Phi) is 8.63. The van der Waals surface area contributed by atoms with Gasteiger partial charge in [-0.3, -0.25) is 0 Å². The van der Waals surface area contributed by atoms with Gasteiger partial charge in [0.15, 0.2) is 6.79 Å². The average Bonchev–Trinajstić information content (AvgIpc) is 3.95. The average molecular weight is 607 g/mol. The number of anilines is 6. The Labute approximate surface area is 269 Å². The summed E-state index contributed by atoms with van der Waals surface area (Å²) in [5.74, 6) is 1.56. The molecule has 1 heterocycles. The van der Waals surface area contributed by atoms with Crippen LogP contribution in [0.1, 0.15) is 0 Å². The van der Waals surface area contributed by atoms with Gasteiger partial charge < -0.3 is 28.7 Å². The summed E-state index contributed by atoms with van der Waals surface area (Å²) in [5, 5.41) is 0. The van der Waals surface area contributed by atoms with Crippen LogP contribution in [0.15, 0.2) is 158 Å². The minimum atomic E-state index is -0.119. The van der Waals surface area contributed by atoms with Gasteiger partial charge >= 0.3 is 0 Å². The van der Waals surface area contributed by atoms with Crippen LogP contribution in [0.5, 0.6) is 11.5 Å². The maximum Gasteiger partial charge on any atom is 0.223 e. The lowest BCUT2D eigenvalue weighted by Gasteiger charge is -2.26. The van der Waals surface area contributed by atoms with E-state index in [1.165, 1.54) is 0 Å². The van der Waals surface area contributed by atoms with E-state index in [0.717, 1.165) is 56.8 Å². The number of para-hydroxylation sites is 2. The Morgan fingerprint density at radius 1 is 0.500 bits per heavy atom. The van der Waals surface area contributed by atoms with Crippen LogP contribution in [-0.2, 0) is 9.47 Å². The van der Waals surface area contributed by atoms with Gasteiger partial charge in [-0.2, -0.15) is 0 Å². The minimum Gasteiger partial charge on any atom is -0.468 e. The molecule has 0 aliphatic carbocycles. The summed E-state index contributed by atoms with van der Waals surface area (Å²) >= 11 is 0. The van der Waals surface area contributed by atoms with Crippen LogP contribution in [0, 0.1) is 0 Å². The number of nitrogens with zero attached hydrogens (tertiary/aromatic N) is 2. The third-order valence-corrected chi connectivity index (χ3v) is 7.72. The van der Waals surface area contributed by atoms with Gasteiger partial charge in [-0.15, -0.1) is 0 Å². The summed E-state index contributed by atoms with van der Waals surface area (Å²) in [5.41, 5.74) is 8.65. The van der Waals surface area contributed by atoms with E-state index in [1.54, 1.807) is 7.11 Å². The number of rotatable bonds is 12. The van der Waals surface area contributed by atoms with Crippen LogP contribution < -0.4 is 19.3 Å². The number of ether oxygens (including phenoxy) is 4. The first kappa shape index (κ1) is 29.2. The zero-order valence-electron chi connectivity index (χ0n) is 25.5. The van der Waals surface area contributed by atoms with Gasteiger partial charge in [0.25, 0.3) is 0 Å². The van der Waals surface area contributed by atoms with Crippen molar-refractivity contribution in [2.45, 2.75) is 6.29 Å². The van der Waals surface area contributed by atoms with Crippen molar-refractivity contribution in [1.29, 1.82) is 0 Å². The van der Waals surface area contributed by atoms with E-state index in [4.69, 9.17) is 18.9 Å². The molecular weight excluding hydrogens is 572 g/mol. The van der Waals surface area contributed by atoms with E-state index < -0.39 is 0 Å². The molecule has 46 heavy (non-hydrogen) atoms. The third kappa shape index (κ3) is 6.74. The summed E-state index contributed by atoms with van der Waals surface area (Å²) in [7, 11) is 1.62. The van der Waals surface area contributed by atoms with Crippen LogP contribution in [0.2, 0.25) is 0 Å². The van der Waals surface area contributed by atoms with Crippen LogP contribution in [0.25, 0.3) is 11.1 Å². The fraction of sp³-hybridized carbons (Fsp3) is 0.100. The Hall–Kier alpha value is -5.56. The van der Waals surface area contributed by atoms with Gasteiger partial charge in [0, 0.05) is 41.2 Å². The lowest BCUT2D eigenvalue weighted by molar-refractivity contribution is 0.0511. The summed E-state index contributed by atoms with van der Waals surface area (Å²) in [6, 6.07) is 54.3. The molecule has 6 aromatic carbocycles. The summed E-state index contributed by atoms with van der Waals surface area (Å²) in [6.07, 6.45) is -0.119. The molecular formula is C40H34N2O4. The van der Waals surface area contributed by atoms with E-state index in [-0.39, 0.29) is 13.1 Å². The standard InChI is InChI=1S/C40H34N2O4/c1-43-29-45-38-24-20-36(21-25-38)41(32-8-4-2-5-9-32)34-16-12-30(13-17-34)31-14-18-35(19-15-31)42(33-10-6-3-7-11-33)37-22-26-39(27-23-37)46-40-28-44-40/h2-27,40H,28-29H2,1H3. The highest BCUT2D eigenvalue weighted by atomic mass is 16.8. The number of hydrogen-bond acceptors (Lipinski definition) is 6. The first-order valence-corrected chi connectivity index (χ1v) is 15.3. The van der Waals surface area contributed by atoms with Crippen LogP contribution >= 0.6 is 0 Å². The molecule has 0 saturated carbocycles. The van der Waals surface area contributed by atoms with Crippen molar-refractivity contribution in [3.05, 3.63) is 158 Å². The molecule has 1 unspecified atom stereocenters. The van der Waals surface area contributed by atoms with Crippen molar-refractivity contribution >= 4 is 34.1 Å². The van der Waals surface area contributed by atoms with E-state index in [1.807, 2.05) is 36.4 Å². The van der Waals surface area contributed by atoms with E-state index in [9.17, 15) is 0 Å². The Morgan fingerprint density at radius 2 is 0.870 bits per heavy atom. The minimum absolute atomic E-state index is 0.119. The topological polar surface area (TPSA) is 46.7 Å². The van der Waals surface area contributed by atoms with Gasteiger partial charge in [0.2, 0.25) is 6.29 Å². The Balaban J connectivity index is 1.15. The highest BCUT2D eigenvalue weighted by molar-refractivity contribution is 5.80. The highest BCUT2D eigenvalue weighted by Gasteiger charge is 2.24. The number of benzene rings is 6. The summed E-state index contributed by atoms with van der Waals surface area (Å²) in [4.78, 5) is 4.48. The molecule has 6 nitrogen and oxygen atoms in total. The van der Waals surface area contributed by atoms with Gasteiger partial charge in [0.1, 0.15) is 18.1 Å². The molecule has 1 aliphatic heterocycles. The zero-order valence-corrected chi connectivity index (χ0v) is 25.5. The normalized spacial score (nSPS) is 13.5. The second kappa shape index (κ2) is 13.6. The number of epoxide rings is 1. The molecule has 6 heteroatoms. The van der Waals surface area contributed by atoms with Crippen LogP contribution in [0.3, 0.4) is 0 Å². The van der Waals surface area contributed by atoms with Crippen molar-refractivity contribution in [3.63, 3.8) is 0 Å². The second-order valence-corrected chi connectivity index (χ2v) is 10.9. The molecule has 0 bridgehead atoms. The van der Waals surface area contributed by atoms with Gasteiger partial charge in [-0.05, 0) is 108 Å². The number of hydrogen-bond donors (Lipinski definition) is 0. The molecule has 0 aromatic heterocycles.